The Morgan fingerprint density at radius 1 is 1.20 bits per heavy atom. The number of ether oxygens (including phenoxy) is 2. The van der Waals surface area contributed by atoms with Gasteiger partial charge in [0.2, 0.25) is 0 Å². The monoisotopic (exact) mass is 276 g/mol. The van der Waals surface area contributed by atoms with E-state index >= 15 is 0 Å². The highest BCUT2D eigenvalue weighted by atomic mass is 16.5. The molecule has 0 spiro atoms. The molecule has 110 valence electrons. The molecule has 1 aromatic rings. The van der Waals surface area contributed by atoms with Crippen molar-refractivity contribution in [3.05, 3.63) is 42.0 Å². The molecule has 0 N–H and O–H groups in total. The topological polar surface area (TPSA) is 35.5 Å². The number of esters is 1. The van der Waals surface area contributed by atoms with Gasteiger partial charge in [-0.15, -0.1) is 0 Å². The van der Waals surface area contributed by atoms with E-state index in [9.17, 15) is 4.79 Å². The molecule has 0 aliphatic rings. The number of carbonyl (C=O) groups is 1. The second-order valence-electron chi connectivity index (χ2n) is 5.23. The lowest BCUT2D eigenvalue weighted by Crippen LogP contribution is -2.15. The molecule has 0 saturated heterocycles. The fraction of sp³-hybridized carbons (Fsp3) is 0.471. The zero-order chi connectivity index (χ0) is 15.0. The Labute approximate surface area is 121 Å². The maximum Gasteiger partial charge on any atom is 0.330 e. The van der Waals surface area contributed by atoms with Crippen molar-refractivity contribution in [1.29, 1.82) is 0 Å². The minimum absolute atomic E-state index is 0.183. The van der Waals surface area contributed by atoms with Gasteiger partial charge in [0.15, 0.2) is 0 Å². The molecule has 0 saturated carbocycles. The van der Waals surface area contributed by atoms with E-state index in [2.05, 4.69) is 32.9 Å². The van der Waals surface area contributed by atoms with Gasteiger partial charge in [-0.2, -0.15) is 0 Å². The highest BCUT2D eigenvalue weighted by Gasteiger charge is 2.17. The molecule has 3 heteroatoms. The standard InChI is InChI=1S/C17H24O3/c1-5-17(3,4)14-9-11-15(12-10-14)20-13-7-8-16(18)19-6-2/h7-12H,5-6,13H2,1-4H3/b8-7+. The van der Waals surface area contributed by atoms with Gasteiger partial charge < -0.3 is 9.47 Å². The lowest BCUT2D eigenvalue weighted by molar-refractivity contribution is -0.137. The highest BCUT2D eigenvalue weighted by Crippen LogP contribution is 2.27. The Kier molecular flexibility index (Phi) is 6.29. The zero-order valence-electron chi connectivity index (χ0n) is 12.8. The summed E-state index contributed by atoms with van der Waals surface area (Å²) in [7, 11) is 0. The molecule has 1 aromatic carbocycles. The number of carbonyl (C=O) groups excluding carboxylic acids is 1. The maximum atomic E-state index is 11.1. The molecular formula is C17H24O3. The normalized spacial score (nSPS) is 11.6. The van der Waals surface area contributed by atoms with Crippen LogP contribution in [0.3, 0.4) is 0 Å². The third-order valence-electron chi connectivity index (χ3n) is 3.41. The second-order valence-corrected chi connectivity index (χ2v) is 5.23. The van der Waals surface area contributed by atoms with Crippen LogP contribution in [-0.2, 0) is 14.9 Å². The first kappa shape index (κ1) is 16.3. The third-order valence-corrected chi connectivity index (χ3v) is 3.41. The first-order chi connectivity index (χ1) is 9.49. The van der Waals surface area contributed by atoms with Gasteiger partial charge in [0.25, 0.3) is 0 Å². The summed E-state index contributed by atoms with van der Waals surface area (Å²) in [5.74, 6) is 0.463. The second kappa shape index (κ2) is 7.73. The molecule has 0 amide bonds. The molecule has 0 unspecified atom stereocenters. The first-order valence-electron chi connectivity index (χ1n) is 7.06. The average Bonchev–Trinajstić information content (AvgIpc) is 2.44. The van der Waals surface area contributed by atoms with Gasteiger partial charge >= 0.3 is 5.97 Å². The smallest absolute Gasteiger partial charge is 0.330 e. The van der Waals surface area contributed by atoms with Crippen molar-refractivity contribution in [3.63, 3.8) is 0 Å². The molecule has 0 aliphatic heterocycles. The summed E-state index contributed by atoms with van der Waals surface area (Å²) >= 11 is 0. The first-order valence-corrected chi connectivity index (χ1v) is 7.06. The molecular weight excluding hydrogens is 252 g/mol. The van der Waals surface area contributed by atoms with E-state index in [1.807, 2.05) is 12.1 Å². The van der Waals surface area contributed by atoms with Gasteiger partial charge in [-0.1, -0.05) is 32.9 Å². The van der Waals surface area contributed by atoms with Crippen molar-refractivity contribution in [2.24, 2.45) is 0 Å². The summed E-state index contributed by atoms with van der Waals surface area (Å²) in [4.78, 5) is 11.1. The Balaban J connectivity index is 2.48. The van der Waals surface area contributed by atoms with E-state index in [1.54, 1.807) is 13.0 Å². The van der Waals surface area contributed by atoms with Crippen LogP contribution in [0.4, 0.5) is 0 Å². The summed E-state index contributed by atoms with van der Waals surface area (Å²) in [6, 6.07) is 8.11. The van der Waals surface area contributed by atoms with E-state index in [0.29, 0.717) is 13.2 Å². The quantitative estimate of drug-likeness (QED) is 0.560. The predicted octanol–water partition coefficient (Wildman–Crippen LogP) is 3.87. The Bertz CT molecular complexity index is 444. The lowest BCUT2D eigenvalue weighted by atomic mass is 9.82. The maximum absolute atomic E-state index is 11.1. The van der Waals surface area contributed by atoms with Crippen LogP contribution in [0.25, 0.3) is 0 Å². The lowest BCUT2D eigenvalue weighted by Gasteiger charge is -2.23. The van der Waals surface area contributed by atoms with Gasteiger partial charge in [-0.05, 0) is 42.5 Å². The van der Waals surface area contributed by atoms with Crippen molar-refractivity contribution in [2.75, 3.05) is 13.2 Å². The van der Waals surface area contributed by atoms with Gasteiger partial charge in [-0.3, -0.25) is 0 Å². The largest absolute Gasteiger partial charge is 0.490 e. The molecule has 3 nitrogen and oxygen atoms in total. The molecule has 0 aliphatic carbocycles. The molecule has 0 aromatic heterocycles. The summed E-state index contributed by atoms with van der Waals surface area (Å²) in [6.45, 7) is 9.16. The van der Waals surface area contributed by atoms with Crippen LogP contribution in [0.15, 0.2) is 36.4 Å². The van der Waals surface area contributed by atoms with Crippen molar-refractivity contribution in [3.8, 4) is 5.75 Å². The third kappa shape index (κ3) is 5.08. The van der Waals surface area contributed by atoms with E-state index in [1.165, 1.54) is 11.6 Å². The number of benzene rings is 1. The van der Waals surface area contributed by atoms with Gasteiger partial charge in [0, 0.05) is 6.08 Å². The summed E-state index contributed by atoms with van der Waals surface area (Å²) < 4.78 is 10.3. The van der Waals surface area contributed by atoms with Crippen LogP contribution in [0.1, 0.15) is 39.7 Å². The highest BCUT2D eigenvalue weighted by molar-refractivity contribution is 5.81. The molecule has 0 fully saturated rings. The number of hydrogen-bond acceptors (Lipinski definition) is 3. The predicted molar refractivity (Wildman–Crippen MR) is 81.0 cm³/mol. The van der Waals surface area contributed by atoms with Crippen molar-refractivity contribution < 1.29 is 14.3 Å². The number of hydrogen-bond donors (Lipinski definition) is 0. The fourth-order valence-electron chi connectivity index (χ4n) is 1.69. The minimum Gasteiger partial charge on any atom is -0.490 e. The van der Waals surface area contributed by atoms with Crippen molar-refractivity contribution in [2.45, 2.75) is 39.5 Å². The number of rotatable bonds is 7. The molecule has 1 rings (SSSR count). The van der Waals surface area contributed by atoms with Crippen molar-refractivity contribution >= 4 is 5.97 Å². The molecule has 0 bridgehead atoms. The van der Waals surface area contributed by atoms with E-state index in [0.717, 1.165) is 12.2 Å². The molecule has 0 atom stereocenters. The van der Waals surface area contributed by atoms with Crippen LogP contribution < -0.4 is 4.74 Å². The van der Waals surface area contributed by atoms with Crippen LogP contribution in [0.2, 0.25) is 0 Å². The summed E-state index contributed by atoms with van der Waals surface area (Å²) in [5, 5.41) is 0. The van der Waals surface area contributed by atoms with Crippen LogP contribution >= 0.6 is 0 Å². The molecule has 0 radical (unpaired) electrons. The van der Waals surface area contributed by atoms with Crippen LogP contribution in [0, 0.1) is 0 Å². The fourth-order valence-corrected chi connectivity index (χ4v) is 1.69. The summed E-state index contributed by atoms with van der Waals surface area (Å²) in [5.41, 5.74) is 1.48. The summed E-state index contributed by atoms with van der Waals surface area (Å²) in [6.07, 6.45) is 4.13. The van der Waals surface area contributed by atoms with E-state index < -0.39 is 0 Å². The van der Waals surface area contributed by atoms with Crippen LogP contribution in [0.5, 0.6) is 5.75 Å². The Hall–Kier alpha value is -1.77. The Morgan fingerprint density at radius 2 is 1.85 bits per heavy atom. The molecule has 0 heterocycles. The van der Waals surface area contributed by atoms with E-state index in [4.69, 9.17) is 9.47 Å². The van der Waals surface area contributed by atoms with Gasteiger partial charge in [0.05, 0.1) is 6.61 Å². The van der Waals surface area contributed by atoms with Gasteiger partial charge in [-0.25, -0.2) is 4.79 Å². The Morgan fingerprint density at radius 3 is 2.40 bits per heavy atom. The zero-order valence-corrected chi connectivity index (χ0v) is 12.8. The molecule has 20 heavy (non-hydrogen) atoms. The van der Waals surface area contributed by atoms with Crippen molar-refractivity contribution in [1.82, 2.24) is 0 Å². The van der Waals surface area contributed by atoms with Gasteiger partial charge in [0.1, 0.15) is 12.4 Å². The SMILES string of the molecule is CCOC(=O)/C=C/COc1ccc(C(C)(C)CC)cc1. The minimum atomic E-state index is -0.337. The van der Waals surface area contributed by atoms with Crippen LogP contribution in [-0.4, -0.2) is 19.2 Å². The average molecular weight is 276 g/mol. The van der Waals surface area contributed by atoms with E-state index in [-0.39, 0.29) is 11.4 Å².